The third kappa shape index (κ3) is 2.73. The fraction of sp³-hybridized carbons (Fsp3) is 0.533. The summed E-state index contributed by atoms with van der Waals surface area (Å²) in [6.45, 7) is 1.91. The highest BCUT2D eigenvalue weighted by molar-refractivity contribution is 5.81. The first-order valence-corrected chi connectivity index (χ1v) is 7.01. The van der Waals surface area contributed by atoms with Crippen LogP contribution < -0.4 is 10.6 Å². The lowest BCUT2D eigenvalue weighted by atomic mass is 10.1. The number of fused-ring (bicyclic) bond motifs is 1. The fourth-order valence-electron chi connectivity index (χ4n) is 2.71. The molecule has 3 N–H and O–H groups in total. The predicted molar refractivity (Wildman–Crippen MR) is 72.9 cm³/mol. The number of aromatic hydroxyl groups is 1. The van der Waals surface area contributed by atoms with Crippen LogP contribution in [-0.2, 0) is 11.2 Å². The van der Waals surface area contributed by atoms with Crippen molar-refractivity contribution in [1.29, 1.82) is 0 Å². The van der Waals surface area contributed by atoms with Crippen LogP contribution in [0.25, 0.3) is 0 Å². The molecule has 4 nitrogen and oxygen atoms in total. The van der Waals surface area contributed by atoms with Crippen molar-refractivity contribution in [3.63, 3.8) is 0 Å². The zero-order valence-electron chi connectivity index (χ0n) is 11.1. The Hall–Kier alpha value is -1.55. The summed E-state index contributed by atoms with van der Waals surface area (Å²) in [7, 11) is 0. The van der Waals surface area contributed by atoms with Crippen molar-refractivity contribution in [2.75, 3.05) is 0 Å². The molecule has 19 heavy (non-hydrogen) atoms. The molecular weight excluding hydrogens is 240 g/mol. The van der Waals surface area contributed by atoms with Crippen LogP contribution in [0, 0.1) is 0 Å². The van der Waals surface area contributed by atoms with Crippen molar-refractivity contribution < 1.29 is 9.90 Å². The minimum Gasteiger partial charge on any atom is -0.508 e. The Bertz CT molecular complexity index is 497. The molecule has 0 bridgehead atoms. The molecule has 2 aliphatic rings. The number of phenolic OH excluding ortho intramolecular Hbond substituents is 1. The molecule has 1 amide bonds. The number of hydrogen-bond acceptors (Lipinski definition) is 3. The number of aryl methyl sites for hydroxylation is 1. The second-order valence-corrected chi connectivity index (χ2v) is 5.65. The summed E-state index contributed by atoms with van der Waals surface area (Å²) < 4.78 is 0. The van der Waals surface area contributed by atoms with Gasteiger partial charge < -0.3 is 10.4 Å². The van der Waals surface area contributed by atoms with Gasteiger partial charge in [0.15, 0.2) is 0 Å². The summed E-state index contributed by atoms with van der Waals surface area (Å²) in [5.41, 5.74) is 2.40. The first-order valence-electron chi connectivity index (χ1n) is 7.01. The van der Waals surface area contributed by atoms with Gasteiger partial charge in [0.05, 0.1) is 6.04 Å². The molecule has 2 atom stereocenters. The Balaban J connectivity index is 1.63. The third-order valence-electron chi connectivity index (χ3n) is 3.97. The maximum atomic E-state index is 11.9. The van der Waals surface area contributed by atoms with E-state index in [1.165, 1.54) is 11.1 Å². The predicted octanol–water partition coefficient (Wildman–Crippen LogP) is 1.64. The largest absolute Gasteiger partial charge is 0.508 e. The molecular formula is C15H20N2O2. The number of carbonyl (C=O) groups is 1. The van der Waals surface area contributed by atoms with Gasteiger partial charge in [0, 0.05) is 12.1 Å². The van der Waals surface area contributed by atoms with Crippen molar-refractivity contribution in [3.05, 3.63) is 29.3 Å². The topological polar surface area (TPSA) is 61.4 Å². The van der Waals surface area contributed by atoms with E-state index in [0.717, 1.165) is 25.7 Å². The van der Waals surface area contributed by atoms with E-state index in [1.54, 1.807) is 6.07 Å². The van der Waals surface area contributed by atoms with Gasteiger partial charge in [0.1, 0.15) is 5.75 Å². The second-order valence-electron chi connectivity index (χ2n) is 5.65. The molecule has 4 heteroatoms. The lowest BCUT2D eigenvalue weighted by molar-refractivity contribution is -0.123. The number of benzene rings is 1. The first kappa shape index (κ1) is 12.5. The van der Waals surface area contributed by atoms with Gasteiger partial charge in [-0.15, -0.1) is 0 Å². The maximum absolute atomic E-state index is 11.9. The van der Waals surface area contributed by atoms with E-state index in [9.17, 15) is 9.90 Å². The quantitative estimate of drug-likeness (QED) is 0.771. The Morgan fingerprint density at radius 3 is 2.89 bits per heavy atom. The molecule has 0 saturated heterocycles. The van der Waals surface area contributed by atoms with Crippen molar-refractivity contribution in [2.24, 2.45) is 0 Å². The molecule has 0 aliphatic heterocycles. The summed E-state index contributed by atoms with van der Waals surface area (Å²) in [6, 6.07) is 5.95. The van der Waals surface area contributed by atoms with E-state index in [2.05, 4.69) is 10.6 Å². The molecule has 1 aromatic carbocycles. The van der Waals surface area contributed by atoms with E-state index in [0.29, 0.717) is 11.8 Å². The molecule has 1 fully saturated rings. The van der Waals surface area contributed by atoms with E-state index in [4.69, 9.17) is 0 Å². The number of rotatable bonds is 4. The minimum absolute atomic E-state index is 0.0923. The Morgan fingerprint density at radius 1 is 1.37 bits per heavy atom. The van der Waals surface area contributed by atoms with Gasteiger partial charge >= 0.3 is 0 Å². The lowest BCUT2D eigenvalue weighted by Crippen LogP contribution is -2.44. The van der Waals surface area contributed by atoms with E-state index < -0.39 is 0 Å². The Labute approximate surface area is 113 Å². The van der Waals surface area contributed by atoms with Crippen LogP contribution in [-0.4, -0.2) is 23.1 Å². The monoisotopic (exact) mass is 260 g/mol. The Morgan fingerprint density at radius 2 is 2.16 bits per heavy atom. The molecule has 0 aromatic heterocycles. The van der Waals surface area contributed by atoms with Crippen molar-refractivity contribution in [2.45, 2.75) is 50.7 Å². The highest BCUT2D eigenvalue weighted by Gasteiger charge is 2.29. The number of hydrogen-bond donors (Lipinski definition) is 3. The second kappa shape index (κ2) is 4.85. The van der Waals surface area contributed by atoms with Crippen LogP contribution in [0.1, 0.15) is 43.4 Å². The van der Waals surface area contributed by atoms with Crippen LogP contribution in [0.15, 0.2) is 18.2 Å². The van der Waals surface area contributed by atoms with E-state index in [1.807, 2.05) is 19.1 Å². The number of nitrogens with one attached hydrogen (secondary N) is 2. The van der Waals surface area contributed by atoms with Gasteiger partial charge in [0.2, 0.25) is 5.91 Å². The van der Waals surface area contributed by atoms with E-state index >= 15 is 0 Å². The molecule has 2 unspecified atom stereocenters. The first-order chi connectivity index (χ1) is 9.13. The van der Waals surface area contributed by atoms with Crippen LogP contribution in [0.5, 0.6) is 5.75 Å². The fourth-order valence-corrected chi connectivity index (χ4v) is 2.71. The van der Waals surface area contributed by atoms with Gasteiger partial charge in [-0.05, 0) is 55.9 Å². The van der Waals surface area contributed by atoms with Gasteiger partial charge in [-0.2, -0.15) is 0 Å². The minimum atomic E-state index is -0.176. The SMILES string of the molecule is CC(NC1CCc2cc(O)ccc21)C(=O)NC1CC1. The van der Waals surface area contributed by atoms with Gasteiger partial charge in [-0.25, -0.2) is 0 Å². The van der Waals surface area contributed by atoms with Gasteiger partial charge in [-0.1, -0.05) is 6.07 Å². The molecule has 1 aromatic rings. The average Bonchev–Trinajstić information content (AvgIpc) is 3.11. The zero-order chi connectivity index (χ0) is 13.4. The number of phenols is 1. The normalized spacial score (nSPS) is 22.9. The standard InChI is InChI=1S/C15H20N2O2/c1-9(15(19)17-11-3-4-11)16-14-7-2-10-8-12(18)5-6-13(10)14/h5-6,8-9,11,14,16,18H,2-4,7H2,1H3,(H,17,19). The molecule has 102 valence electrons. The number of carbonyl (C=O) groups excluding carboxylic acids is 1. The summed E-state index contributed by atoms with van der Waals surface area (Å²) in [5, 5.41) is 15.9. The summed E-state index contributed by atoms with van der Waals surface area (Å²) >= 11 is 0. The zero-order valence-corrected chi connectivity index (χ0v) is 11.1. The Kier molecular flexibility index (Phi) is 3.19. The van der Waals surface area contributed by atoms with Crippen LogP contribution >= 0.6 is 0 Å². The smallest absolute Gasteiger partial charge is 0.237 e. The van der Waals surface area contributed by atoms with Crippen molar-refractivity contribution in [3.8, 4) is 5.75 Å². The molecule has 3 rings (SSSR count). The van der Waals surface area contributed by atoms with Crippen molar-refractivity contribution in [1.82, 2.24) is 10.6 Å². The summed E-state index contributed by atoms with van der Waals surface area (Å²) in [6.07, 6.45) is 4.17. The summed E-state index contributed by atoms with van der Waals surface area (Å²) in [5.74, 6) is 0.411. The highest BCUT2D eigenvalue weighted by atomic mass is 16.3. The van der Waals surface area contributed by atoms with Crippen molar-refractivity contribution >= 4 is 5.91 Å². The van der Waals surface area contributed by atoms with Gasteiger partial charge in [0.25, 0.3) is 0 Å². The van der Waals surface area contributed by atoms with E-state index in [-0.39, 0.29) is 18.0 Å². The van der Waals surface area contributed by atoms with Crippen LogP contribution in [0.3, 0.4) is 0 Å². The molecule has 0 heterocycles. The molecule has 0 spiro atoms. The van der Waals surface area contributed by atoms with Crippen LogP contribution in [0.2, 0.25) is 0 Å². The average molecular weight is 260 g/mol. The number of amides is 1. The lowest BCUT2D eigenvalue weighted by Gasteiger charge is -2.20. The van der Waals surface area contributed by atoms with Crippen LogP contribution in [0.4, 0.5) is 0 Å². The molecule has 1 saturated carbocycles. The third-order valence-corrected chi connectivity index (χ3v) is 3.97. The molecule has 2 aliphatic carbocycles. The summed E-state index contributed by atoms with van der Waals surface area (Å²) in [4.78, 5) is 11.9. The highest BCUT2D eigenvalue weighted by Crippen LogP contribution is 2.33. The molecule has 0 radical (unpaired) electrons. The maximum Gasteiger partial charge on any atom is 0.237 e. The van der Waals surface area contributed by atoms with Gasteiger partial charge in [-0.3, -0.25) is 10.1 Å².